The van der Waals surface area contributed by atoms with Crippen molar-refractivity contribution in [2.45, 2.75) is 115 Å². The maximum atomic E-state index is 14.7. The Labute approximate surface area is 336 Å². The summed E-state index contributed by atoms with van der Waals surface area (Å²) in [6, 6.07) is 11.6. The molecule has 2 aromatic rings. The number of amides is 1. The van der Waals surface area contributed by atoms with Crippen molar-refractivity contribution in [2.24, 2.45) is 22.9 Å². The zero-order chi connectivity index (χ0) is 40.2. The molecule has 6 rings (SSSR count). The van der Waals surface area contributed by atoms with E-state index in [4.69, 9.17) is 33.7 Å². The van der Waals surface area contributed by atoms with Gasteiger partial charge in [0.2, 0.25) is 12.1 Å². The molecule has 1 saturated heterocycles. The van der Waals surface area contributed by atoms with Crippen LogP contribution in [0, 0.1) is 23.6 Å². The number of hydrogen-bond acceptors (Lipinski definition) is 10. The molecule has 0 bridgehead atoms. The SMILES string of the molecule is C=CCO[C@@]12Oc3ccc(OCc4ccccc4F)cc3[C@H]3[C@H](CCCCO)[C@@H](CCCCO)C=C(C(=NOC4CCCCO4)C[C@@H]1N(CCC)C(=O)OCC)[C@H]32. The second kappa shape index (κ2) is 20.6. The highest BCUT2D eigenvalue weighted by atomic mass is 19.1. The molecule has 1 saturated carbocycles. The monoisotopic (exact) mass is 792 g/mol. The van der Waals surface area contributed by atoms with Gasteiger partial charge in [-0.25, -0.2) is 9.18 Å². The van der Waals surface area contributed by atoms with Crippen LogP contribution in [-0.4, -0.2) is 84.6 Å². The van der Waals surface area contributed by atoms with Gasteiger partial charge in [0, 0.05) is 49.6 Å². The van der Waals surface area contributed by atoms with Crippen molar-refractivity contribution >= 4 is 11.8 Å². The molecule has 0 spiro atoms. The average molecular weight is 793 g/mol. The van der Waals surface area contributed by atoms with Crippen LogP contribution in [0.15, 0.2) is 71.9 Å². The number of oxime groups is 1. The molecule has 2 heterocycles. The first kappa shape index (κ1) is 42.6. The van der Waals surface area contributed by atoms with Crippen molar-refractivity contribution in [1.29, 1.82) is 0 Å². The molecule has 12 heteroatoms. The van der Waals surface area contributed by atoms with Gasteiger partial charge in [0.05, 0.1) is 31.5 Å². The summed E-state index contributed by atoms with van der Waals surface area (Å²) in [5, 5.41) is 24.6. The minimum Gasteiger partial charge on any atom is -0.489 e. The summed E-state index contributed by atoms with van der Waals surface area (Å²) in [5.41, 5.74) is 3.01. The number of allylic oxidation sites excluding steroid dienone is 1. The van der Waals surface area contributed by atoms with Crippen molar-refractivity contribution in [3.63, 3.8) is 0 Å². The maximum Gasteiger partial charge on any atom is 0.410 e. The number of carbonyl (C=O) groups is 1. The first-order valence-corrected chi connectivity index (χ1v) is 21.0. The predicted octanol–water partition coefficient (Wildman–Crippen LogP) is 8.43. The van der Waals surface area contributed by atoms with Crippen LogP contribution in [0.25, 0.3) is 0 Å². The number of fused-ring (bicyclic) bond motifs is 2. The topological polar surface area (TPSA) is 129 Å². The van der Waals surface area contributed by atoms with Crippen molar-refractivity contribution in [1.82, 2.24) is 4.90 Å². The van der Waals surface area contributed by atoms with Crippen LogP contribution in [0.5, 0.6) is 11.5 Å². The summed E-state index contributed by atoms with van der Waals surface area (Å²) in [4.78, 5) is 21.9. The second-order valence-corrected chi connectivity index (χ2v) is 15.4. The van der Waals surface area contributed by atoms with Gasteiger partial charge in [0.25, 0.3) is 0 Å². The lowest BCUT2D eigenvalue weighted by Crippen LogP contribution is -2.70. The molecule has 7 atom stereocenters. The summed E-state index contributed by atoms with van der Waals surface area (Å²) in [6.45, 7) is 9.41. The minimum atomic E-state index is -1.39. The number of nitrogens with zero attached hydrogens (tertiary/aromatic N) is 2. The Hall–Kier alpha value is -3.97. The fourth-order valence-electron chi connectivity index (χ4n) is 9.25. The molecule has 312 valence electrons. The fourth-order valence-corrected chi connectivity index (χ4v) is 9.25. The van der Waals surface area contributed by atoms with Gasteiger partial charge in [0.15, 0.2) is 0 Å². The predicted molar refractivity (Wildman–Crippen MR) is 214 cm³/mol. The maximum absolute atomic E-state index is 14.7. The largest absolute Gasteiger partial charge is 0.489 e. The van der Waals surface area contributed by atoms with E-state index in [-0.39, 0.29) is 63.0 Å². The lowest BCUT2D eigenvalue weighted by atomic mass is 9.55. The van der Waals surface area contributed by atoms with E-state index < -0.39 is 30.1 Å². The number of hydrogen-bond donors (Lipinski definition) is 2. The standard InChI is InChI=1S/C45H61FN2O9/c1-4-22-48(44(51)52-6-3)40-29-38(47-57-41-19-11-14-26-53-41)35-27-31(15-9-12-23-49)34(17-10-13-24-50)42-36-28-33(54-30-32-16-7-8-18-37(32)46)20-21-39(36)56-45(40,43(35)42)55-25-5-2/h5,7-8,16,18,20-21,27-28,31,34,40-43,49-50H,2,4,6,9-15,17,19,22-26,29-30H2,1,3H3/t31-,34+,40-,41?,42+,43+,45+/m0/s1. The van der Waals surface area contributed by atoms with Gasteiger partial charge in [-0.3, -0.25) is 4.90 Å². The van der Waals surface area contributed by atoms with Crippen LogP contribution >= 0.6 is 0 Å². The van der Waals surface area contributed by atoms with E-state index in [1.165, 1.54) is 6.07 Å². The molecule has 2 fully saturated rings. The summed E-state index contributed by atoms with van der Waals surface area (Å²) >= 11 is 0. The van der Waals surface area contributed by atoms with Crippen molar-refractivity contribution in [3.8, 4) is 11.5 Å². The molecule has 1 amide bonds. The van der Waals surface area contributed by atoms with Gasteiger partial charge in [-0.1, -0.05) is 55.3 Å². The molecule has 0 radical (unpaired) electrons. The number of carbonyl (C=O) groups excluding carboxylic acids is 1. The van der Waals surface area contributed by atoms with Crippen LogP contribution in [0.3, 0.4) is 0 Å². The molecule has 0 aromatic heterocycles. The molecule has 11 nitrogen and oxygen atoms in total. The molecule has 57 heavy (non-hydrogen) atoms. The van der Waals surface area contributed by atoms with E-state index >= 15 is 0 Å². The third kappa shape index (κ3) is 9.67. The number of benzene rings is 2. The highest BCUT2D eigenvalue weighted by Gasteiger charge is 2.65. The minimum absolute atomic E-state index is 0.0463. The molecule has 1 unspecified atom stereocenters. The Bertz CT molecular complexity index is 1700. The smallest absolute Gasteiger partial charge is 0.410 e. The van der Waals surface area contributed by atoms with E-state index in [2.05, 4.69) is 12.7 Å². The zero-order valence-electron chi connectivity index (χ0n) is 33.6. The molecular weight excluding hydrogens is 731 g/mol. The van der Waals surface area contributed by atoms with Gasteiger partial charge in [-0.15, -0.1) is 6.58 Å². The number of unbranched alkanes of at least 4 members (excludes halogenated alkanes) is 2. The number of aliphatic hydroxyl groups excluding tert-OH is 2. The Morgan fingerprint density at radius 2 is 1.89 bits per heavy atom. The lowest BCUT2D eigenvalue weighted by molar-refractivity contribution is -0.255. The Kier molecular flexibility index (Phi) is 15.4. The third-order valence-electron chi connectivity index (χ3n) is 11.8. The van der Waals surface area contributed by atoms with E-state index in [1.54, 1.807) is 36.1 Å². The molecule has 2 aliphatic carbocycles. The molecule has 2 aliphatic heterocycles. The van der Waals surface area contributed by atoms with E-state index in [9.17, 15) is 19.4 Å². The third-order valence-corrected chi connectivity index (χ3v) is 11.8. The van der Waals surface area contributed by atoms with Crippen LogP contribution in [0.4, 0.5) is 9.18 Å². The Morgan fingerprint density at radius 3 is 2.61 bits per heavy atom. The average Bonchev–Trinajstić information content (AvgIpc) is 3.22. The molecule has 2 N–H and O–H groups in total. The Balaban J connectivity index is 1.55. The van der Waals surface area contributed by atoms with Gasteiger partial charge in [0.1, 0.15) is 30.0 Å². The summed E-state index contributed by atoms with van der Waals surface area (Å²) in [5.74, 6) is -1.12. The summed E-state index contributed by atoms with van der Waals surface area (Å²) < 4.78 is 46.8. The van der Waals surface area contributed by atoms with Crippen LogP contribution < -0.4 is 9.47 Å². The van der Waals surface area contributed by atoms with Crippen LogP contribution in [0.2, 0.25) is 0 Å². The number of rotatable bonds is 20. The normalized spacial score (nSPS) is 27.0. The van der Waals surface area contributed by atoms with Gasteiger partial charge in [-0.2, -0.15) is 0 Å². The second-order valence-electron chi connectivity index (χ2n) is 15.4. The van der Waals surface area contributed by atoms with Crippen LogP contribution in [0.1, 0.15) is 102 Å². The first-order chi connectivity index (χ1) is 27.9. The quantitative estimate of drug-likeness (QED) is 0.0772. The van der Waals surface area contributed by atoms with Gasteiger partial charge >= 0.3 is 6.09 Å². The number of ether oxygens (including phenoxy) is 5. The lowest BCUT2D eigenvalue weighted by Gasteiger charge is -2.60. The van der Waals surface area contributed by atoms with Crippen molar-refractivity contribution in [3.05, 3.63) is 83.7 Å². The number of aliphatic hydroxyl groups is 2. The summed E-state index contributed by atoms with van der Waals surface area (Å²) in [7, 11) is 0. The summed E-state index contributed by atoms with van der Waals surface area (Å²) in [6.07, 6.45) is 11.2. The van der Waals surface area contributed by atoms with Crippen molar-refractivity contribution in [2.75, 3.05) is 39.6 Å². The van der Waals surface area contributed by atoms with Crippen molar-refractivity contribution < 1.29 is 47.9 Å². The molecule has 2 aromatic carbocycles. The Morgan fingerprint density at radius 1 is 1.09 bits per heavy atom. The van der Waals surface area contributed by atoms with E-state index in [0.717, 1.165) is 56.1 Å². The van der Waals surface area contributed by atoms with Gasteiger partial charge < -0.3 is 38.7 Å². The zero-order valence-corrected chi connectivity index (χ0v) is 33.6. The molecular formula is C45H61FN2O9. The fraction of sp³-hybridized carbons (Fsp3) is 0.600. The first-order valence-electron chi connectivity index (χ1n) is 21.0. The van der Waals surface area contributed by atoms with Crippen LogP contribution in [-0.2, 0) is 25.7 Å². The number of halogens is 1. The van der Waals surface area contributed by atoms with E-state index in [0.29, 0.717) is 55.2 Å². The highest BCUT2D eigenvalue weighted by Crippen LogP contribution is 2.62. The van der Waals surface area contributed by atoms with E-state index in [1.807, 2.05) is 25.1 Å². The molecule has 4 aliphatic rings. The van der Waals surface area contributed by atoms with Gasteiger partial charge in [-0.05, 0) is 93.5 Å². The highest BCUT2D eigenvalue weighted by molar-refractivity contribution is 6.03.